The van der Waals surface area contributed by atoms with Crippen LogP contribution in [0, 0.1) is 18.8 Å². The van der Waals surface area contributed by atoms with Crippen molar-refractivity contribution < 1.29 is 19.7 Å². The molecule has 2 bridgehead atoms. The van der Waals surface area contributed by atoms with Crippen LogP contribution in [0.1, 0.15) is 48.4 Å². The summed E-state index contributed by atoms with van der Waals surface area (Å²) >= 11 is 0. The first-order valence-corrected chi connectivity index (χ1v) is 12.4. The number of piperidine rings is 1. The smallest absolute Gasteiger partial charge is 0.298 e. The Morgan fingerprint density at radius 1 is 1.26 bits per heavy atom. The van der Waals surface area contributed by atoms with Crippen LogP contribution in [-0.4, -0.2) is 69.8 Å². The van der Waals surface area contributed by atoms with Crippen LogP contribution in [0.3, 0.4) is 0 Å². The van der Waals surface area contributed by atoms with Gasteiger partial charge in [0, 0.05) is 30.1 Å². The summed E-state index contributed by atoms with van der Waals surface area (Å²) in [5.41, 5.74) is 1.36. The number of carbonyl (C=O) groups is 1. The first-order valence-electron chi connectivity index (χ1n) is 12.4. The van der Waals surface area contributed by atoms with E-state index in [4.69, 9.17) is 4.74 Å². The molecule has 2 aliphatic heterocycles. The van der Waals surface area contributed by atoms with E-state index in [0.29, 0.717) is 25.0 Å². The van der Waals surface area contributed by atoms with Gasteiger partial charge in [0.1, 0.15) is 5.60 Å². The summed E-state index contributed by atoms with van der Waals surface area (Å²) in [6.07, 6.45) is 2.57. The normalized spacial score (nSPS) is 34.3. The van der Waals surface area contributed by atoms with Gasteiger partial charge in [0.15, 0.2) is 11.5 Å². The monoisotopic (exact) mass is 472 g/mol. The van der Waals surface area contributed by atoms with Gasteiger partial charge in [-0.15, -0.1) is 0 Å². The number of amides is 1. The Hall–Kier alpha value is -3.01. The minimum Gasteiger partial charge on any atom is -0.504 e. The molecule has 6 heteroatoms. The lowest BCUT2D eigenvalue weighted by Crippen LogP contribution is -2.81. The zero-order valence-corrected chi connectivity index (χ0v) is 20.8. The second-order valence-electron chi connectivity index (χ2n) is 11.0. The Balaban J connectivity index is 1.44. The van der Waals surface area contributed by atoms with Gasteiger partial charge in [0.25, 0.3) is 5.91 Å². The number of aromatic hydroxyl groups is 1. The van der Waals surface area contributed by atoms with Crippen LogP contribution in [0.25, 0.3) is 0 Å². The molecule has 2 aliphatic carbocycles. The zero-order chi connectivity index (χ0) is 24.8. The molecule has 0 unspecified atom stereocenters. The second-order valence-corrected chi connectivity index (χ2v) is 11.0. The van der Waals surface area contributed by atoms with Crippen LogP contribution in [-0.2, 0) is 16.6 Å². The van der Waals surface area contributed by atoms with Crippen LogP contribution in [0.4, 0.5) is 0 Å². The lowest BCUT2D eigenvalue weighted by Gasteiger charge is -2.67. The zero-order valence-electron chi connectivity index (χ0n) is 20.8. The number of ether oxygens (including phenoxy) is 1. The molecule has 1 amide bonds. The van der Waals surface area contributed by atoms with Gasteiger partial charge in [-0.1, -0.05) is 24.1 Å². The SMILES string of the molecule is Cc1cccc(C#CC(=O)N(C)[C@H]2CC[C@@]3(O)[C@H]4Cc5ccc(O)c6c5[C@@]3(CCN4C)[C@@]2(C)O6)c1. The van der Waals surface area contributed by atoms with E-state index in [9.17, 15) is 15.0 Å². The summed E-state index contributed by atoms with van der Waals surface area (Å²) in [6.45, 7) is 4.84. The van der Waals surface area contributed by atoms with Crippen molar-refractivity contribution >= 4 is 5.91 Å². The third-order valence-electron chi connectivity index (χ3n) is 9.44. The summed E-state index contributed by atoms with van der Waals surface area (Å²) in [5, 5.41) is 23.2. The number of aryl methyl sites for hydroxylation is 1. The average Bonchev–Trinajstić information content (AvgIpc) is 3.10. The highest BCUT2D eigenvalue weighted by Gasteiger charge is 2.78. The Bertz CT molecular complexity index is 1310. The first-order chi connectivity index (χ1) is 16.6. The number of phenols is 1. The quantitative estimate of drug-likeness (QED) is 0.625. The van der Waals surface area contributed by atoms with Crippen molar-refractivity contribution in [1.82, 2.24) is 9.80 Å². The van der Waals surface area contributed by atoms with Crippen molar-refractivity contribution in [2.24, 2.45) is 0 Å². The number of nitrogens with zero attached hydrogens (tertiary/aromatic N) is 2. The maximum atomic E-state index is 13.3. The number of benzene rings is 2. The molecule has 6 rings (SSSR count). The largest absolute Gasteiger partial charge is 0.504 e. The lowest BCUT2D eigenvalue weighted by atomic mass is 9.44. The summed E-state index contributed by atoms with van der Waals surface area (Å²) in [4.78, 5) is 17.3. The molecule has 1 saturated heterocycles. The van der Waals surface area contributed by atoms with Gasteiger partial charge in [-0.25, -0.2) is 0 Å². The first kappa shape index (κ1) is 22.5. The van der Waals surface area contributed by atoms with Gasteiger partial charge >= 0.3 is 0 Å². The standard InChI is InChI=1S/C29H32N2O4/c1-18-6-5-7-19(16-18)8-11-24(33)31(4)22-12-13-29(34)23-17-20-9-10-21(32)26-25(20)28(29,14-15-30(23)3)27(22,2)35-26/h5-7,9-10,16,22-23,32,34H,12-15,17H2,1-4H3/t22-,23+,27-,28-,29+/m0/s1. The summed E-state index contributed by atoms with van der Waals surface area (Å²) in [6, 6.07) is 11.1. The maximum absolute atomic E-state index is 13.3. The van der Waals surface area contributed by atoms with Gasteiger partial charge in [0.2, 0.25) is 0 Å². The summed E-state index contributed by atoms with van der Waals surface area (Å²) in [7, 11) is 3.87. The molecule has 1 saturated carbocycles. The molecule has 1 spiro atoms. The molecule has 182 valence electrons. The van der Waals surface area contributed by atoms with Crippen molar-refractivity contribution in [1.29, 1.82) is 0 Å². The van der Waals surface area contributed by atoms with Crippen molar-refractivity contribution in [3.63, 3.8) is 0 Å². The van der Waals surface area contributed by atoms with Crippen molar-refractivity contribution in [2.45, 2.75) is 68.2 Å². The van der Waals surface area contributed by atoms with E-state index in [0.717, 1.165) is 35.2 Å². The predicted octanol–water partition coefficient (Wildman–Crippen LogP) is 2.75. The Morgan fingerprint density at radius 3 is 2.83 bits per heavy atom. The molecule has 0 aromatic heterocycles. The number of likely N-dealkylation sites (N-methyl/N-ethyl adjacent to an activating group) is 2. The van der Waals surface area contributed by atoms with Crippen LogP contribution in [0.5, 0.6) is 11.5 Å². The number of phenolic OH excluding ortho intramolecular Hbond substituents is 1. The molecular formula is C29H32N2O4. The minimum absolute atomic E-state index is 0.0368. The highest BCUT2D eigenvalue weighted by Crippen LogP contribution is 2.69. The fourth-order valence-corrected chi connectivity index (χ4v) is 7.82. The molecule has 5 atom stereocenters. The highest BCUT2D eigenvalue weighted by molar-refractivity contribution is 5.94. The highest BCUT2D eigenvalue weighted by atomic mass is 16.5. The van der Waals surface area contributed by atoms with Crippen LogP contribution in [0.2, 0.25) is 0 Å². The number of aliphatic hydroxyl groups is 1. The van der Waals surface area contributed by atoms with E-state index in [1.165, 1.54) is 0 Å². The topological polar surface area (TPSA) is 73.2 Å². The molecule has 6 nitrogen and oxygen atoms in total. The molecule has 2 heterocycles. The molecule has 4 aliphatic rings. The summed E-state index contributed by atoms with van der Waals surface area (Å²) < 4.78 is 6.69. The predicted molar refractivity (Wildman–Crippen MR) is 132 cm³/mol. The number of rotatable bonds is 1. The third kappa shape index (κ3) is 2.71. The van der Waals surface area contributed by atoms with E-state index in [2.05, 4.69) is 23.8 Å². The molecule has 2 N–H and O–H groups in total. The Labute approximate surface area is 206 Å². The molecule has 2 aromatic carbocycles. The van der Waals surface area contributed by atoms with E-state index in [-0.39, 0.29) is 23.7 Å². The van der Waals surface area contributed by atoms with Gasteiger partial charge < -0.3 is 24.7 Å². The lowest BCUT2D eigenvalue weighted by molar-refractivity contribution is -0.226. The van der Waals surface area contributed by atoms with E-state index < -0.39 is 16.6 Å². The molecular weight excluding hydrogens is 440 g/mol. The number of hydrogen-bond donors (Lipinski definition) is 2. The van der Waals surface area contributed by atoms with Gasteiger partial charge in [-0.05, 0) is 82.4 Å². The second kappa shape index (κ2) is 7.25. The molecule has 2 aromatic rings. The fraction of sp³-hybridized carbons (Fsp3) is 0.483. The fourth-order valence-electron chi connectivity index (χ4n) is 7.82. The average molecular weight is 473 g/mol. The van der Waals surface area contributed by atoms with Crippen LogP contribution >= 0.6 is 0 Å². The Kier molecular flexibility index (Phi) is 4.65. The van der Waals surface area contributed by atoms with Crippen LogP contribution < -0.4 is 4.74 Å². The van der Waals surface area contributed by atoms with Crippen LogP contribution in [0.15, 0.2) is 36.4 Å². The van der Waals surface area contributed by atoms with Gasteiger partial charge in [-0.3, -0.25) is 4.79 Å². The molecule has 35 heavy (non-hydrogen) atoms. The third-order valence-corrected chi connectivity index (χ3v) is 9.44. The van der Waals surface area contributed by atoms with Crippen molar-refractivity contribution in [2.75, 3.05) is 20.6 Å². The van der Waals surface area contributed by atoms with Gasteiger partial charge in [-0.2, -0.15) is 0 Å². The molecule has 0 radical (unpaired) electrons. The minimum atomic E-state index is -1.01. The number of carbonyl (C=O) groups excluding carboxylic acids is 1. The van der Waals surface area contributed by atoms with E-state index in [1.54, 1.807) is 18.0 Å². The molecule has 2 fully saturated rings. The van der Waals surface area contributed by atoms with Gasteiger partial charge in [0.05, 0.1) is 17.1 Å². The number of hydrogen-bond acceptors (Lipinski definition) is 5. The van der Waals surface area contributed by atoms with Crippen molar-refractivity contribution in [3.8, 4) is 23.3 Å². The Morgan fingerprint density at radius 2 is 2.06 bits per heavy atom. The maximum Gasteiger partial charge on any atom is 0.298 e. The van der Waals surface area contributed by atoms with E-state index in [1.807, 2.05) is 44.2 Å². The van der Waals surface area contributed by atoms with E-state index >= 15 is 0 Å². The van der Waals surface area contributed by atoms with Crippen molar-refractivity contribution in [3.05, 3.63) is 58.7 Å². The number of likely N-dealkylation sites (tertiary alicyclic amines) is 1. The summed E-state index contributed by atoms with van der Waals surface area (Å²) in [5.74, 6) is 6.13.